The third kappa shape index (κ3) is 4.47. The molecular formula is C20H16ClF2N3O3S2. The maximum absolute atomic E-state index is 14.0. The van der Waals surface area contributed by atoms with Crippen LogP contribution in [0.25, 0.3) is 11.3 Å². The Balaban J connectivity index is 1.58. The summed E-state index contributed by atoms with van der Waals surface area (Å²) < 4.78 is 54.3. The monoisotopic (exact) mass is 483 g/mol. The molecule has 1 amide bonds. The van der Waals surface area contributed by atoms with E-state index in [1.54, 1.807) is 0 Å². The molecule has 0 atom stereocenters. The zero-order chi connectivity index (χ0) is 22.2. The molecule has 0 saturated carbocycles. The van der Waals surface area contributed by atoms with Gasteiger partial charge in [0.25, 0.3) is 5.91 Å². The molecule has 31 heavy (non-hydrogen) atoms. The van der Waals surface area contributed by atoms with Gasteiger partial charge in [-0.25, -0.2) is 22.2 Å². The van der Waals surface area contributed by atoms with E-state index < -0.39 is 27.6 Å². The highest BCUT2D eigenvalue weighted by molar-refractivity contribution is 7.89. The highest BCUT2D eigenvalue weighted by Crippen LogP contribution is 2.29. The largest absolute Gasteiger partial charge is 0.298 e. The predicted octanol–water partition coefficient (Wildman–Crippen LogP) is 4.78. The molecule has 6 nitrogen and oxygen atoms in total. The summed E-state index contributed by atoms with van der Waals surface area (Å²) >= 11 is 7.15. The molecular weight excluding hydrogens is 468 g/mol. The first-order valence-corrected chi connectivity index (χ1v) is 12.0. The average molecular weight is 484 g/mol. The third-order valence-corrected chi connectivity index (χ3v) is 7.80. The summed E-state index contributed by atoms with van der Waals surface area (Å²) in [6.07, 6.45) is 1.58. The molecule has 3 aromatic rings. The molecule has 4 rings (SSSR count). The molecule has 0 bridgehead atoms. The number of rotatable bonds is 5. The van der Waals surface area contributed by atoms with Crippen molar-refractivity contribution in [1.82, 2.24) is 9.29 Å². The number of nitrogens with zero attached hydrogens (tertiary/aromatic N) is 2. The Morgan fingerprint density at radius 3 is 2.61 bits per heavy atom. The minimum atomic E-state index is -3.72. The van der Waals surface area contributed by atoms with Gasteiger partial charge in [0.1, 0.15) is 11.6 Å². The molecule has 2 heterocycles. The lowest BCUT2D eigenvalue weighted by atomic mass is 10.1. The van der Waals surface area contributed by atoms with E-state index in [2.05, 4.69) is 10.3 Å². The number of nitrogens with one attached hydrogen (secondary N) is 1. The summed E-state index contributed by atoms with van der Waals surface area (Å²) in [6.45, 7) is 0.871. The lowest BCUT2D eigenvalue weighted by Crippen LogP contribution is -2.28. The number of halogens is 3. The molecule has 0 unspecified atom stereocenters. The Morgan fingerprint density at radius 2 is 1.87 bits per heavy atom. The molecule has 1 aliphatic rings. The van der Waals surface area contributed by atoms with Gasteiger partial charge in [0.2, 0.25) is 10.0 Å². The zero-order valence-electron chi connectivity index (χ0n) is 15.9. The van der Waals surface area contributed by atoms with Crippen LogP contribution in [-0.4, -0.2) is 36.7 Å². The van der Waals surface area contributed by atoms with Gasteiger partial charge in [-0.2, -0.15) is 4.31 Å². The smallest absolute Gasteiger partial charge is 0.259 e. The van der Waals surface area contributed by atoms with Crippen LogP contribution < -0.4 is 5.32 Å². The van der Waals surface area contributed by atoms with Crippen molar-refractivity contribution in [3.63, 3.8) is 0 Å². The molecule has 1 fully saturated rings. The van der Waals surface area contributed by atoms with E-state index in [1.165, 1.54) is 27.9 Å². The van der Waals surface area contributed by atoms with Crippen LogP contribution in [0.1, 0.15) is 23.2 Å². The fourth-order valence-corrected chi connectivity index (χ4v) is 5.68. The molecule has 2 aromatic carbocycles. The molecule has 11 heteroatoms. The Kier molecular flexibility index (Phi) is 6.07. The van der Waals surface area contributed by atoms with Gasteiger partial charge in [-0.05, 0) is 49.2 Å². The van der Waals surface area contributed by atoms with Gasteiger partial charge >= 0.3 is 0 Å². The summed E-state index contributed by atoms with van der Waals surface area (Å²) in [7, 11) is -3.72. The number of aromatic nitrogens is 1. The molecule has 162 valence electrons. The minimum absolute atomic E-state index is 0.0226. The lowest BCUT2D eigenvalue weighted by Gasteiger charge is -2.16. The molecule has 0 aliphatic carbocycles. The van der Waals surface area contributed by atoms with Crippen molar-refractivity contribution in [2.75, 3.05) is 18.4 Å². The van der Waals surface area contributed by atoms with Crippen LogP contribution in [0, 0.1) is 11.6 Å². The molecule has 1 saturated heterocycles. The van der Waals surface area contributed by atoms with Gasteiger partial charge in [0.15, 0.2) is 5.13 Å². The van der Waals surface area contributed by atoms with Crippen LogP contribution >= 0.6 is 22.9 Å². The fraction of sp³-hybridized carbons (Fsp3) is 0.200. The van der Waals surface area contributed by atoms with E-state index >= 15 is 0 Å². The Hall–Kier alpha value is -2.40. The van der Waals surface area contributed by atoms with Crippen LogP contribution in [0.5, 0.6) is 0 Å². The lowest BCUT2D eigenvalue weighted by molar-refractivity contribution is 0.102. The van der Waals surface area contributed by atoms with Crippen molar-refractivity contribution < 1.29 is 22.0 Å². The van der Waals surface area contributed by atoms with Gasteiger partial charge < -0.3 is 0 Å². The second-order valence-corrected chi connectivity index (χ2v) is 10.1. The first-order valence-electron chi connectivity index (χ1n) is 9.28. The highest BCUT2D eigenvalue weighted by Gasteiger charge is 2.28. The molecule has 0 radical (unpaired) electrons. The van der Waals surface area contributed by atoms with Crippen molar-refractivity contribution in [3.8, 4) is 11.3 Å². The SMILES string of the molecule is O=C(Nc1nc(-c2cc(F)ccc2F)cs1)c1cc(S(=O)(=O)N2CCCC2)ccc1Cl. The summed E-state index contributed by atoms with van der Waals surface area (Å²) in [4.78, 5) is 16.8. The number of anilines is 1. The van der Waals surface area contributed by atoms with E-state index in [0.717, 1.165) is 42.4 Å². The number of benzene rings is 2. The Labute approximate surface area is 186 Å². The molecule has 1 N–H and O–H groups in total. The number of sulfonamides is 1. The Morgan fingerprint density at radius 1 is 1.13 bits per heavy atom. The maximum atomic E-state index is 14.0. The first-order chi connectivity index (χ1) is 14.8. The van der Waals surface area contributed by atoms with Gasteiger partial charge in [-0.1, -0.05) is 11.6 Å². The molecule has 1 aliphatic heterocycles. The van der Waals surface area contributed by atoms with Crippen molar-refractivity contribution >= 4 is 44.0 Å². The van der Waals surface area contributed by atoms with Crippen molar-refractivity contribution in [2.45, 2.75) is 17.7 Å². The normalized spacial score (nSPS) is 14.7. The van der Waals surface area contributed by atoms with Crippen LogP contribution in [-0.2, 0) is 10.0 Å². The summed E-state index contributed by atoms with van der Waals surface area (Å²) in [5, 5.41) is 4.21. The second kappa shape index (κ2) is 8.62. The summed E-state index contributed by atoms with van der Waals surface area (Å²) in [5.74, 6) is -1.92. The van der Waals surface area contributed by atoms with E-state index in [-0.39, 0.29) is 31.9 Å². The Bertz CT molecular complexity index is 1260. The third-order valence-electron chi connectivity index (χ3n) is 4.81. The second-order valence-electron chi connectivity index (χ2n) is 6.87. The summed E-state index contributed by atoms with van der Waals surface area (Å²) in [6, 6.07) is 6.95. The van der Waals surface area contributed by atoms with Gasteiger partial charge in [0.05, 0.1) is 21.2 Å². The van der Waals surface area contributed by atoms with E-state index in [0.29, 0.717) is 13.1 Å². The zero-order valence-corrected chi connectivity index (χ0v) is 18.3. The maximum Gasteiger partial charge on any atom is 0.259 e. The van der Waals surface area contributed by atoms with Crippen molar-refractivity contribution in [1.29, 1.82) is 0 Å². The van der Waals surface area contributed by atoms with Gasteiger partial charge in [-0.3, -0.25) is 10.1 Å². The summed E-state index contributed by atoms with van der Waals surface area (Å²) in [5.41, 5.74) is 0.0952. The highest BCUT2D eigenvalue weighted by atomic mass is 35.5. The number of carbonyl (C=O) groups excluding carboxylic acids is 1. The molecule has 0 spiro atoms. The van der Waals surface area contributed by atoms with Crippen LogP contribution in [0.2, 0.25) is 5.02 Å². The topological polar surface area (TPSA) is 79.4 Å². The average Bonchev–Trinajstić information content (AvgIpc) is 3.42. The number of amides is 1. The number of hydrogen-bond acceptors (Lipinski definition) is 5. The van der Waals surface area contributed by atoms with Crippen LogP contribution in [0.4, 0.5) is 13.9 Å². The van der Waals surface area contributed by atoms with Crippen molar-refractivity contribution in [3.05, 3.63) is 64.0 Å². The molecule has 1 aromatic heterocycles. The van der Waals surface area contributed by atoms with Crippen molar-refractivity contribution in [2.24, 2.45) is 0 Å². The predicted molar refractivity (Wildman–Crippen MR) is 115 cm³/mol. The van der Waals surface area contributed by atoms with Gasteiger partial charge in [0, 0.05) is 24.0 Å². The first kappa shape index (κ1) is 21.8. The number of thiazole rings is 1. The number of carbonyl (C=O) groups is 1. The van der Waals surface area contributed by atoms with E-state index in [9.17, 15) is 22.0 Å². The van der Waals surface area contributed by atoms with E-state index in [1.807, 2.05) is 0 Å². The van der Waals surface area contributed by atoms with E-state index in [4.69, 9.17) is 11.6 Å². The minimum Gasteiger partial charge on any atom is -0.298 e. The standard InChI is InChI=1S/C20H16ClF2N3O3S2/c21-16-5-4-13(31(28,29)26-7-1-2-8-26)10-14(16)19(27)25-20-24-18(11-30-20)15-9-12(22)3-6-17(15)23/h3-6,9-11H,1-2,7-8H2,(H,24,25,27). The van der Waals surface area contributed by atoms with Gasteiger partial charge in [-0.15, -0.1) is 11.3 Å². The quantitative estimate of drug-likeness (QED) is 0.566. The van der Waals surface area contributed by atoms with Crippen LogP contribution in [0.15, 0.2) is 46.7 Å². The van der Waals surface area contributed by atoms with Crippen LogP contribution in [0.3, 0.4) is 0 Å². The number of hydrogen-bond donors (Lipinski definition) is 1. The fourth-order valence-electron chi connectivity index (χ4n) is 3.23.